The third kappa shape index (κ3) is 2.08. The van der Waals surface area contributed by atoms with E-state index in [1.807, 2.05) is 11.3 Å². The lowest BCUT2D eigenvalue weighted by Gasteiger charge is -2.37. The number of thiophene rings is 1. The summed E-state index contributed by atoms with van der Waals surface area (Å²) in [7, 11) is 0. The number of nitrogens with zero attached hydrogens (tertiary/aromatic N) is 1. The molecule has 0 unspecified atom stereocenters. The van der Waals surface area contributed by atoms with E-state index in [1.54, 1.807) is 4.88 Å². The lowest BCUT2D eigenvalue weighted by molar-refractivity contribution is 0.301. The average molecular weight is 307 g/mol. The molecule has 4 atom stereocenters. The molecule has 0 amide bonds. The number of thiocarbonyl (C=S) groups is 1. The summed E-state index contributed by atoms with van der Waals surface area (Å²) in [6.07, 6.45) is 6.79. The Bertz CT molecular complexity index is 524. The van der Waals surface area contributed by atoms with Gasteiger partial charge in [0.2, 0.25) is 0 Å². The average Bonchev–Trinajstić information content (AvgIpc) is 3.14. The van der Waals surface area contributed by atoms with Crippen molar-refractivity contribution in [1.82, 2.24) is 10.2 Å². The van der Waals surface area contributed by atoms with Crippen molar-refractivity contribution < 1.29 is 0 Å². The Balaban J connectivity index is 1.44. The molecule has 2 heterocycles. The lowest BCUT2D eigenvalue weighted by Crippen LogP contribution is -2.49. The van der Waals surface area contributed by atoms with Gasteiger partial charge in [-0.25, -0.2) is 0 Å². The first kappa shape index (κ1) is 13.1. The van der Waals surface area contributed by atoms with Crippen molar-refractivity contribution in [3.05, 3.63) is 21.9 Å². The molecule has 0 spiro atoms. The quantitative estimate of drug-likeness (QED) is 0.796. The van der Waals surface area contributed by atoms with Gasteiger partial charge in [-0.05, 0) is 73.7 Å². The Hall–Kier alpha value is -0.610. The zero-order chi connectivity index (χ0) is 13.7. The van der Waals surface area contributed by atoms with E-state index < -0.39 is 0 Å². The van der Waals surface area contributed by atoms with E-state index in [2.05, 4.69) is 28.6 Å². The summed E-state index contributed by atoms with van der Waals surface area (Å²) < 4.78 is 0. The van der Waals surface area contributed by atoms with Crippen molar-refractivity contribution in [3.63, 3.8) is 0 Å². The predicted molar refractivity (Wildman–Crippen MR) is 88.1 cm³/mol. The van der Waals surface area contributed by atoms with E-state index in [-0.39, 0.29) is 0 Å². The van der Waals surface area contributed by atoms with Crippen molar-refractivity contribution in [2.45, 2.75) is 51.1 Å². The Morgan fingerprint density at radius 3 is 3.05 bits per heavy atom. The maximum absolute atomic E-state index is 5.72. The molecule has 108 valence electrons. The van der Waals surface area contributed by atoms with Gasteiger partial charge in [0.15, 0.2) is 5.11 Å². The minimum absolute atomic E-state index is 0.434. The van der Waals surface area contributed by atoms with Gasteiger partial charge < -0.3 is 10.2 Å². The molecule has 0 saturated heterocycles. The standard InChI is InChI=1S/C16H22N2S2/c1-10-13-5-7-20-15(13)4-6-18(10)16(19)17-14-9-11-2-3-12(14)8-11/h5,7,10-12,14H,2-4,6,8-9H2,1H3,(H,17,19)/t10-,11-,12-,14-/m0/s1. The SMILES string of the molecule is C[C@H]1c2ccsc2CCN1C(=S)N[C@H]1C[C@H]2CC[C@H]1C2. The van der Waals surface area contributed by atoms with Crippen LogP contribution in [0, 0.1) is 11.8 Å². The normalized spacial score (nSPS) is 35.1. The fourth-order valence-electron chi connectivity index (χ4n) is 4.45. The highest BCUT2D eigenvalue weighted by Crippen LogP contribution is 2.44. The zero-order valence-electron chi connectivity index (χ0n) is 12.0. The maximum Gasteiger partial charge on any atom is 0.169 e. The Kier molecular flexibility index (Phi) is 3.26. The molecule has 2 saturated carbocycles. The molecule has 0 radical (unpaired) electrons. The highest BCUT2D eigenvalue weighted by molar-refractivity contribution is 7.80. The van der Waals surface area contributed by atoms with Crippen LogP contribution in [-0.2, 0) is 6.42 Å². The van der Waals surface area contributed by atoms with Gasteiger partial charge in [-0.3, -0.25) is 0 Å². The largest absolute Gasteiger partial charge is 0.360 e. The van der Waals surface area contributed by atoms with Crippen LogP contribution < -0.4 is 5.32 Å². The van der Waals surface area contributed by atoms with E-state index in [1.165, 1.54) is 31.2 Å². The van der Waals surface area contributed by atoms with Crippen LogP contribution in [-0.4, -0.2) is 22.6 Å². The predicted octanol–water partition coefficient (Wildman–Crippen LogP) is 3.73. The lowest BCUT2D eigenvalue weighted by atomic mass is 9.95. The van der Waals surface area contributed by atoms with Crippen LogP contribution in [0.2, 0.25) is 0 Å². The molecular weight excluding hydrogens is 284 g/mol. The smallest absolute Gasteiger partial charge is 0.169 e. The molecule has 1 N–H and O–H groups in total. The van der Waals surface area contributed by atoms with Gasteiger partial charge in [0.1, 0.15) is 0 Å². The molecule has 1 aromatic heterocycles. The number of nitrogens with one attached hydrogen (secondary N) is 1. The van der Waals surface area contributed by atoms with Crippen LogP contribution in [0.3, 0.4) is 0 Å². The van der Waals surface area contributed by atoms with Crippen LogP contribution in [0.5, 0.6) is 0 Å². The molecule has 2 nitrogen and oxygen atoms in total. The van der Waals surface area contributed by atoms with E-state index in [0.717, 1.165) is 29.9 Å². The van der Waals surface area contributed by atoms with Gasteiger partial charge in [0.05, 0.1) is 6.04 Å². The van der Waals surface area contributed by atoms with Crippen molar-refractivity contribution in [3.8, 4) is 0 Å². The minimum Gasteiger partial charge on any atom is -0.360 e. The van der Waals surface area contributed by atoms with Crippen LogP contribution >= 0.6 is 23.6 Å². The second-order valence-corrected chi connectivity index (χ2v) is 8.04. The minimum atomic E-state index is 0.434. The molecule has 4 heteroatoms. The van der Waals surface area contributed by atoms with Crippen LogP contribution in [0.15, 0.2) is 11.4 Å². The van der Waals surface area contributed by atoms with Gasteiger partial charge >= 0.3 is 0 Å². The monoisotopic (exact) mass is 306 g/mol. The molecule has 1 aromatic rings. The van der Waals surface area contributed by atoms with E-state index >= 15 is 0 Å². The summed E-state index contributed by atoms with van der Waals surface area (Å²) >= 11 is 7.62. The second kappa shape index (κ2) is 4.99. The molecular formula is C16H22N2S2. The van der Waals surface area contributed by atoms with Gasteiger partial charge in [-0.1, -0.05) is 6.42 Å². The third-order valence-corrected chi connectivity index (χ3v) is 6.93. The Morgan fingerprint density at radius 2 is 2.30 bits per heavy atom. The topological polar surface area (TPSA) is 15.3 Å². The second-order valence-electron chi connectivity index (χ2n) is 6.65. The number of hydrogen-bond donors (Lipinski definition) is 1. The Labute approximate surface area is 130 Å². The third-order valence-electron chi connectivity index (χ3n) is 5.59. The first-order valence-electron chi connectivity index (χ1n) is 7.86. The van der Waals surface area contributed by atoms with Gasteiger partial charge in [0.25, 0.3) is 0 Å². The fraction of sp³-hybridized carbons (Fsp3) is 0.688. The maximum atomic E-state index is 5.72. The molecule has 2 fully saturated rings. The summed E-state index contributed by atoms with van der Waals surface area (Å²) in [5.74, 6) is 1.86. The van der Waals surface area contributed by atoms with Crippen molar-refractivity contribution in [2.24, 2.45) is 11.8 Å². The molecule has 2 aliphatic carbocycles. The van der Waals surface area contributed by atoms with Crippen LogP contribution in [0.1, 0.15) is 49.1 Å². The fourth-order valence-corrected chi connectivity index (χ4v) is 5.81. The first-order chi connectivity index (χ1) is 9.72. The summed E-state index contributed by atoms with van der Waals surface area (Å²) in [4.78, 5) is 3.95. The van der Waals surface area contributed by atoms with Gasteiger partial charge in [-0.15, -0.1) is 11.3 Å². The molecule has 3 aliphatic rings. The van der Waals surface area contributed by atoms with Crippen LogP contribution in [0.25, 0.3) is 0 Å². The van der Waals surface area contributed by atoms with E-state index in [0.29, 0.717) is 12.1 Å². The molecule has 2 bridgehead atoms. The number of rotatable bonds is 1. The number of fused-ring (bicyclic) bond motifs is 3. The van der Waals surface area contributed by atoms with Gasteiger partial charge in [-0.2, -0.15) is 0 Å². The molecule has 4 rings (SSSR count). The number of hydrogen-bond acceptors (Lipinski definition) is 2. The van der Waals surface area contributed by atoms with Crippen LogP contribution in [0.4, 0.5) is 0 Å². The summed E-state index contributed by atoms with van der Waals surface area (Å²) in [6.45, 7) is 3.36. The molecule has 20 heavy (non-hydrogen) atoms. The zero-order valence-corrected chi connectivity index (χ0v) is 13.6. The van der Waals surface area contributed by atoms with E-state index in [9.17, 15) is 0 Å². The Morgan fingerprint density at radius 1 is 1.40 bits per heavy atom. The van der Waals surface area contributed by atoms with Crippen molar-refractivity contribution >= 4 is 28.7 Å². The highest BCUT2D eigenvalue weighted by Gasteiger charge is 2.40. The first-order valence-corrected chi connectivity index (χ1v) is 9.14. The van der Waals surface area contributed by atoms with Gasteiger partial charge in [0, 0.05) is 17.5 Å². The summed E-state index contributed by atoms with van der Waals surface area (Å²) in [5, 5.41) is 6.91. The van der Waals surface area contributed by atoms with Crippen molar-refractivity contribution in [2.75, 3.05) is 6.54 Å². The van der Waals surface area contributed by atoms with Crippen molar-refractivity contribution in [1.29, 1.82) is 0 Å². The van der Waals surface area contributed by atoms with E-state index in [4.69, 9.17) is 12.2 Å². The highest BCUT2D eigenvalue weighted by atomic mass is 32.1. The summed E-state index contributed by atoms with van der Waals surface area (Å²) in [6, 6.07) is 3.36. The molecule has 1 aliphatic heterocycles. The summed E-state index contributed by atoms with van der Waals surface area (Å²) in [5.41, 5.74) is 1.48. The molecule has 0 aromatic carbocycles.